The van der Waals surface area contributed by atoms with Gasteiger partial charge in [-0.05, 0) is 23.3 Å². The van der Waals surface area contributed by atoms with Crippen LogP contribution in [0.1, 0.15) is 11.1 Å². The second-order valence-electron chi connectivity index (χ2n) is 8.82. The Kier molecular flexibility index (Phi) is 6.38. The third kappa shape index (κ3) is 4.45. The molecule has 0 spiro atoms. The van der Waals surface area contributed by atoms with Gasteiger partial charge in [-0.3, -0.25) is 15.0 Å². The maximum atomic E-state index is 12.8. The van der Waals surface area contributed by atoms with Gasteiger partial charge in [0.25, 0.3) is 5.91 Å². The molecule has 34 heavy (non-hydrogen) atoms. The predicted octanol–water partition coefficient (Wildman–Crippen LogP) is 2.86. The number of nitrogens with one attached hydrogen (secondary N) is 1. The van der Waals surface area contributed by atoms with Crippen molar-refractivity contribution < 1.29 is 9.59 Å². The molecule has 178 valence electrons. The van der Waals surface area contributed by atoms with Gasteiger partial charge < -0.3 is 14.7 Å². The van der Waals surface area contributed by atoms with E-state index in [1.54, 1.807) is 7.05 Å². The second kappa shape index (κ2) is 9.44. The van der Waals surface area contributed by atoms with E-state index in [0.717, 1.165) is 49.8 Å². The number of likely N-dealkylation sites (N-methyl/N-ethyl adjacent to an activating group) is 1. The smallest absolute Gasteiger partial charge is 0.325 e. The van der Waals surface area contributed by atoms with Gasteiger partial charge >= 0.3 is 6.03 Å². The van der Waals surface area contributed by atoms with Crippen molar-refractivity contribution in [2.45, 2.75) is 25.3 Å². The molecule has 8 nitrogen and oxygen atoms in total. The van der Waals surface area contributed by atoms with E-state index < -0.39 is 18.2 Å². The summed E-state index contributed by atoms with van der Waals surface area (Å²) >= 11 is 12.2. The molecule has 10 heteroatoms. The van der Waals surface area contributed by atoms with E-state index in [-0.39, 0.29) is 5.91 Å². The van der Waals surface area contributed by atoms with Crippen LogP contribution < -0.4 is 5.32 Å². The largest absolute Gasteiger partial charge is 0.340 e. The highest BCUT2D eigenvalue weighted by Gasteiger charge is 2.49. The fraction of sp³-hybridized carbons (Fsp3) is 0.375. The summed E-state index contributed by atoms with van der Waals surface area (Å²) in [5, 5.41) is 3.59. The molecule has 3 amide bonds. The third-order valence-electron chi connectivity index (χ3n) is 6.58. The number of hydrogen-bond acceptors (Lipinski definition) is 6. The van der Waals surface area contributed by atoms with Crippen molar-refractivity contribution in [3.8, 4) is 0 Å². The summed E-state index contributed by atoms with van der Waals surface area (Å²) in [7, 11) is 1.68. The zero-order chi connectivity index (χ0) is 23.8. The number of aliphatic imine (C=N–C) groups is 1. The first-order chi connectivity index (χ1) is 16.4. The predicted molar refractivity (Wildman–Crippen MR) is 132 cm³/mol. The zero-order valence-corrected chi connectivity index (χ0v) is 20.3. The van der Waals surface area contributed by atoms with Gasteiger partial charge in [0.15, 0.2) is 18.2 Å². The van der Waals surface area contributed by atoms with Gasteiger partial charge in [-0.25, -0.2) is 9.79 Å². The van der Waals surface area contributed by atoms with E-state index >= 15 is 0 Å². The van der Waals surface area contributed by atoms with Crippen molar-refractivity contribution in [2.75, 3.05) is 33.2 Å². The van der Waals surface area contributed by atoms with Crippen molar-refractivity contribution in [2.24, 2.45) is 4.99 Å². The number of urea groups is 1. The number of amides is 3. The Morgan fingerprint density at radius 2 is 1.68 bits per heavy atom. The van der Waals surface area contributed by atoms with E-state index in [9.17, 15) is 9.59 Å². The molecule has 0 bridgehead atoms. The number of fused-ring (bicyclic) bond motifs is 1. The van der Waals surface area contributed by atoms with Gasteiger partial charge in [-0.15, -0.1) is 0 Å². The van der Waals surface area contributed by atoms with Crippen molar-refractivity contribution in [1.82, 2.24) is 24.9 Å². The number of nitrogens with zero attached hydrogens (tertiary/aromatic N) is 5. The van der Waals surface area contributed by atoms with Crippen LogP contribution in [0.2, 0.25) is 10.0 Å². The Balaban J connectivity index is 1.33. The molecule has 2 unspecified atom stereocenters. The molecule has 2 aromatic carbocycles. The molecule has 2 aromatic rings. The summed E-state index contributed by atoms with van der Waals surface area (Å²) in [5.41, 5.74) is 2.20. The Hall–Kier alpha value is -2.81. The van der Waals surface area contributed by atoms with Gasteiger partial charge in [0.1, 0.15) is 0 Å². The summed E-state index contributed by atoms with van der Waals surface area (Å²) in [4.78, 5) is 38.1. The number of hydrogen-bond donors (Lipinski definition) is 1. The van der Waals surface area contributed by atoms with E-state index in [1.165, 1.54) is 4.90 Å². The van der Waals surface area contributed by atoms with E-state index in [2.05, 4.69) is 15.1 Å². The van der Waals surface area contributed by atoms with Crippen molar-refractivity contribution in [3.63, 3.8) is 0 Å². The topological polar surface area (TPSA) is 71.5 Å². The molecular weight excluding hydrogens is 475 g/mol. The molecule has 1 N–H and O–H groups in total. The average Bonchev–Trinajstić information content (AvgIpc) is 3.21. The Morgan fingerprint density at radius 3 is 2.38 bits per heavy atom. The number of carbonyl (C=O) groups is 2. The van der Waals surface area contributed by atoms with Gasteiger partial charge in [-0.2, -0.15) is 0 Å². The normalized spacial score (nSPS) is 23.1. The van der Waals surface area contributed by atoms with Crippen molar-refractivity contribution >= 4 is 41.1 Å². The highest BCUT2D eigenvalue weighted by atomic mass is 35.5. The fourth-order valence-corrected chi connectivity index (χ4v) is 5.05. The second-order valence-corrected chi connectivity index (χ2v) is 9.63. The molecule has 0 aliphatic carbocycles. The van der Waals surface area contributed by atoms with E-state index in [0.29, 0.717) is 16.6 Å². The van der Waals surface area contributed by atoms with Gasteiger partial charge in [0, 0.05) is 46.3 Å². The van der Waals surface area contributed by atoms with Crippen LogP contribution in [-0.4, -0.2) is 82.9 Å². The van der Waals surface area contributed by atoms with E-state index in [1.807, 2.05) is 53.4 Å². The first kappa shape index (κ1) is 23.0. The number of rotatable bonds is 4. The molecule has 2 saturated heterocycles. The minimum absolute atomic E-state index is 0.305. The van der Waals surface area contributed by atoms with E-state index in [4.69, 9.17) is 28.2 Å². The summed E-state index contributed by atoms with van der Waals surface area (Å²) in [6.07, 6.45) is -0.533. The molecule has 0 saturated carbocycles. The Morgan fingerprint density at radius 1 is 0.941 bits per heavy atom. The number of benzene rings is 2. The molecular formula is C24H26Cl2N6O2. The molecule has 0 aromatic heterocycles. The van der Waals surface area contributed by atoms with Crippen LogP contribution in [0.4, 0.5) is 4.79 Å². The lowest BCUT2D eigenvalue weighted by atomic mass is 10.1. The summed E-state index contributed by atoms with van der Waals surface area (Å²) < 4.78 is 0. The number of carbonyl (C=O) groups excluding carboxylic acids is 2. The molecule has 3 aliphatic rings. The summed E-state index contributed by atoms with van der Waals surface area (Å²) in [6, 6.07) is 14.8. The quantitative estimate of drug-likeness (QED) is 0.698. The fourth-order valence-electron chi connectivity index (χ4n) is 4.73. The molecule has 0 radical (unpaired) electrons. The van der Waals surface area contributed by atoms with Gasteiger partial charge in [-0.1, -0.05) is 59.6 Å². The van der Waals surface area contributed by atoms with Crippen LogP contribution in [0.25, 0.3) is 0 Å². The molecule has 3 heterocycles. The highest BCUT2D eigenvalue weighted by molar-refractivity contribution is 6.42. The number of piperazine rings is 1. The van der Waals surface area contributed by atoms with Crippen molar-refractivity contribution in [3.05, 3.63) is 69.7 Å². The first-order valence-electron chi connectivity index (χ1n) is 11.3. The highest BCUT2D eigenvalue weighted by Crippen LogP contribution is 2.28. The average molecular weight is 501 g/mol. The summed E-state index contributed by atoms with van der Waals surface area (Å²) in [5.74, 6) is 0.464. The Bertz CT molecular complexity index is 1120. The van der Waals surface area contributed by atoms with Crippen LogP contribution >= 0.6 is 23.2 Å². The third-order valence-corrected chi connectivity index (χ3v) is 7.32. The molecule has 2 fully saturated rings. The maximum absolute atomic E-state index is 12.8. The molecule has 3 aliphatic heterocycles. The standard InChI is InChI=1S/C24H26Cl2N6O2/c1-29-21-20(22(33)28-24(29)34)32(15-16-5-3-2-4-6-16)23(27-21)31-11-9-30(10-12-31)14-17-7-8-18(25)19(26)13-17/h2-8,13,20-21H,9-12,14-15H2,1H3,(H,28,33,34). The van der Waals surface area contributed by atoms with Crippen LogP contribution in [0.3, 0.4) is 0 Å². The molecule has 2 atom stereocenters. The minimum atomic E-state index is -0.549. The van der Waals surface area contributed by atoms with Crippen LogP contribution in [0, 0.1) is 0 Å². The van der Waals surface area contributed by atoms with Crippen LogP contribution in [-0.2, 0) is 17.9 Å². The Labute approximate surface area is 208 Å². The monoisotopic (exact) mass is 500 g/mol. The molecule has 5 rings (SSSR count). The minimum Gasteiger partial charge on any atom is -0.340 e. The number of imide groups is 1. The zero-order valence-electron chi connectivity index (χ0n) is 18.8. The van der Waals surface area contributed by atoms with Crippen LogP contribution in [0.15, 0.2) is 53.5 Å². The first-order valence-corrected chi connectivity index (χ1v) is 12.0. The lowest BCUT2D eigenvalue weighted by molar-refractivity contribution is -0.127. The van der Waals surface area contributed by atoms with Crippen molar-refractivity contribution in [1.29, 1.82) is 0 Å². The summed E-state index contributed by atoms with van der Waals surface area (Å²) in [6.45, 7) is 4.55. The number of halogens is 2. The number of guanidine groups is 1. The van der Waals surface area contributed by atoms with Gasteiger partial charge in [0.05, 0.1) is 10.0 Å². The van der Waals surface area contributed by atoms with Crippen LogP contribution in [0.5, 0.6) is 0 Å². The maximum Gasteiger partial charge on any atom is 0.325 e. The lowest BCUT2D eigenvalue weighted by Crippen LogP contribution is -2.64. The SMILES string of the molecule is CN1C(=O)NC(=O)C2C1N=C(N1CCN(Cc3ccc(Cl)c(Cl)c3)CC1)N2Cc1ccccc1. The van der Waals surface area contributed by atoms with Gasteiger partial charge in [0.2, 0.25) is 0 Å². The lowest BCUT2D eigenvalue weighted by Gasteiger charge is -2.40.